The van der Waals surface area contributed by atoms with Crippen LogP contribution in [-0.4, -0.2) is 43.4 Å². The Morgan fingerprint density at radius 2 is 2.03 bits per heavy atom. The van der Waals surface area contributed by atoms with Crippen molar-refractivity contribution in [1.82, 2.24) is 24.4 Å². The van der Waals surface area contributed by atoms with Crippen molar-refractivity contribution in [2.45, 2.75) is 51.7 Å². The van der Waals surface area contributed by atoms with Crippen molar-refractivity contribution in [3.63, 3.8) is 0 Å². The first kappa shape index (κ1) is 20.3. The second kappa shape index (κ2) is 8.13. The van der Waals surface area contributed by atoms with Crippen LogP contribution in [0.25, 0.3) is 5.65 Å². The predicted molar refractivity (Wildman–Crippen MR) is 119 cm³/mol. The Morgan fingerprint density at radius 1 is 1.23 bits per heavy atom. The molecule has 1 fully saturated rings. The van der Waals surface area contributed by atoms with Crippen LogP contribution in [0.1, 0.15) is 54.7 Å². The maximum absolute atomic E-state index is 13.2. The summed E-state index contributed by atoms with van der Waals surface area (Å²) in [6.07, 6.45) is 3.97. The van der Waals surface area contributed by atoms with E-state index < -0.39 is 0 Å². The zero-order valence-electron chi connectivity index (χ0n) is 17.6. The molecule has 31 heavy (non-hydrogen) atoms. The number of nitrogens with zero attached hydrogens (tertiary/aromatic N) is 4. The molecule has 5 rings (SSSR count). The third-order valence-corrected chi connectivity index (χ3v) is 6.75. The minimum atomic E-state index is -0.0998. The molecule has 0 saturated carbocycles. The van der Waals surface area contributed by atoms with E-state index in [4.69, 9.17) is 16.6 Å². The Balaban J connectivity index is 1.47. The molecule has 162 valence electrons. The minimum absolute atomic E-state index is 0.0117. The standard InChI is InChI=1S/C23H26ClN5O2/c1-15(30)27-11-9-19-18(14-27)23(31)29-22(25-19)12-20(26-29)21-4-2-3-10-28(21)13-16-5-7-17(24)8-6-16/h5-8,12,21,26H,2-4,9-11,13-14H2,1H3/t21-/m0/s1. The summed E-state index contributed by atoms with van der Waals surface area (Å²) in [6.45, 7) is 4.33. The molecular weight excluding hydrogens is 414 g/mol. The fraction of sp³-hybridized carbons (Fsp3) is 0.435. The normalized spacial score (nSPS) is 19.5. The summed E-state index contributed by atoms with van der Waals surface area (Å²) in [4.78, 5) is 33.9. The predicted octanol–water partition coefficient (Wildman–Crippen LogP) is 3.31. The van der Waals surface area contributed by atoms with Gasteiger partial charge in [-0.15, -0.1) is 0 Å². The number of nitrogens with one attached hydrogen (secondary N) is 1. The maximum Gasteiger partial charge on any atom is 0.277 e. The van der Waals surface area contributed by atoms with Gasteiger partial charge in [-0.1, -0.05) is 30.2 Å². The number of hydrogen-bond acceptors (Lipinski definition) is 4. The molecule has 7 nitrogen and oxygen atoms in total. The molecule has 0 radical (unpaired) electrons. The second-order valence-electron chi connectivity index (χ2n) is 8.55. The van der Waals surface area contributed by atoms with Gasteiger partial charge in [-0.2, -0.15) is 0 Å². The molecule has 2 aliphatic heterocycles. The Kier molecular flexibility index (Phi) is 5.32. The largest absolute Gasteiger partial charge is 0.338 e. The molecule has 0 spiro atoms. The summed E-state index contributed by atoms with van der Waals surface area (Å²) in [5.41, 5.74) is 4.24. The lowest BCUT2D eigenvalue weighted by molar-refractivity contribution is -0.129. The third-order valence-electron chi connectivity index (χ3n) is 6.50. The number of rotatable bonds is 3. The van der Waals surface area contributed by atoms with Crippen molar-refractivity contribution >= 4 is 23.2 Å². The van der Waals surface area contributed by atoms with Gasteiger partial charge in [-0.3, -0.25) is 19.6 Å². The van der Waals surface area contributed by atoms with Gasteiger partial charge in [0.2, 0.25) is 5.91 Å². The van der Waals surface area contributed by atoms with Gasteiger partial charge in [-0.05, 0) is 37.1 Å². The van der Waals surface area contributed by atoms with E-state index in [1.54, 1.807) is 16.3 Å². The van der Waals surface area contributed by atoms with Gasteiger partial charge in [0.15, 0.2) is 5.65 Å². The quantitative estimate of drug-likeness (QED) is 0.679. The highest BCUT2D eigenvalue weighted by molar-refractivity contribution is 6.30. The molecule has 0 aliphatic carbocycles. The van der Waals surface area contributed by atoms with E-state index in [0.29, 0.717) is 30.7 Å². The van der Waals surface area contributed by atoms with E-state index in [2.05, 4.69) is 22.1 Å². The van der Waals surface area contributed by atoms with Gasteiger partial charge in [0, 0.05) is 37.5 Å². The van der Waals surface area contributed by atoms with Gasteiger partial charge in [-0.25, -0.2) is 9.50 Å². The number of carbonyl (C=O) groups excluding carboxylic acids is 1. The van der Waals surface area contributed by atoms with Crippen LogP contribution in [-0.2, 0) is 24.3 Å². The lowest BCUT2D eigenvalue weighted by Gasteiger charge is -2.35. The maximum atomic E-state index is 13.2. The van der Waals surface area contributed by atoms with Crippen LogP contribution >= 0.6 is 11.6 Å². The van der Waals surface area contributed by atoms with E-state index in [1.807, 2.05) is 18.2 Å². The molecule has 0 bridgehead atoms. The van der Waals surface area contributed by atoms with Gasteiger partial charge in [0.1, 0.15) is 0 Å². The van der Waals surface area contributed by atoms with Crippen molar-refractivity contribution in [3.05, 3.63) is 68.2 Å². The zero-order chi connectivity index (χ0) is 21.5. The molecular formula is C23H26ClN5O2. The van der Waals surface area contributed by atoms with Crippen molar-refractivity contribution in [2.24, 2.45) is 0 Å². The van der Waals surface area contributed by atoms with Crippen LogP contribution in [0.3, 0.4) is 0 Å². The van der Waals surface area contributed by atoms with Crippen LogP contribution in [0.4, 0.5) is 0 Å². The molecule has 0 unspecified atom stereocenters. The van der Waals surface area contributed by atoms with E-state index in [-0.39, 0.29) is 17.5 Å². The molecule has 2 aromatic heterocycles. The lowest BCUT2D eigenvalue weighted by Crippen LogP contribution is -2.39. The topological polar surface area (TPSA) is 73.7 Å². The van der Waals surface area contributed by atoms with Crippen LogP contribution in [0.2, 0.25) is 5.02 Å². The molecule has 1 aromatic carbocycles. The molecule has 3 aromatic rings. The first-order valence-corrected chi connectivity index (χ1v) is 11.2. The summed E-state index contributed by atoms with van der Waals surface area (Å²) in [6, 6.07) is 10.2. The summed E-state index contributed by atoms with van der Waals surface area (Å²) >= 11 is 6.04. The molecule has 1 amide bonds. The molecule has 2 aliphatic rings. The smallest absolute Gasteiger partial charge is 0.277 e. The third kappa shape index (κ3) is 3.88. The van der Waals surface area contributed by atoms with Gasteiger partial charge in [0.25, 0.3) is 5.56 Å². The highest BCUT2D eigenvalue weighted by Crippen LogP contribution is 2.32. The Morgan fingerprint density at radius 3 is 2.81 bits per heavy atom. The van der Waals surface area contributed by atoms with E-state index in [1.165, 1.54) is 5.56 Å². The van der Waals surface area contributed by atoms with Gasteiger partial charge in [0.05, 0.1) is 29.5 Å². The number of hydrogen-bond donors (Lipinski definition) is 1. The number of H-pyrrole nitrogens is 1. The summed E-state index contributed by atoms with van der Waals surface area (Å²) in [5.74, 6) is -0.0117. The van der Waals surface area contributed by atoms with Crippen molar-refractivity contribution in [3.8, 4) is 0 Å². The molecule has 1 atom stereocenters. The number of amides is 1. The van der Waals surface area contributed by atoms with Crippen LogP contribution in [0.5, 0.6) is 0 Å². The fourth-order valence-corrected chi connectivity index (χ4v) is 4.92. The average Bonchev–Trinajstić information content (AvgIpc) is 3.20. The number of halogens is 1. The first-order valence-electron chi connectivity index (χ1n) is 10.9. The van der Waals surface area contributed by atoms with Gasteiger partial charge >= 0.3 is 0 Å². The number of piperidine rings is 1. The van der Waals surface area contributed by atoms with Crippen molar-refractivity contribution in [1.29, 1.82) is 0 Å². The highest BCUT2D eigenvalue weighted by atomic mass is 35.5. The number of benzene rings is 1. The minimum Gasteiger partial charge on any atom is -0.338 e. The highest BCUT2D eigenvalue weighted by Gasteiger charge is 2.28. The van der Waals surface area contributed by atoms with E-state index in [9.17, 15) is 9.59 Å². The molecule has 1 saturated heterocycles. The summed E-state index contributed by atoms with van der Waals surface area (Å²) in [5, 5.41) is 4.07. The molecule has 4 heterocycles. The number of likely N-dealkylation sites (tertiary alicyclic amines) is 1. The molecule has 8 heteroatoms. The van der Waals surface area contributed by atoms with E-state index >= 15 is 0 Å². The van der Waals surface area contributed by atoms with E-state index in [0.717, 1.165) is 48.8 Å². The Labute approximate surface area is 185 Å². The van der Waals surface area contributed by atoms with Crippen LogP contribution < -0.4 is 5.56 Å². The Bertz CT molecular complexity index is 1180. The average molecular weight is 440 g/mol. The van der Waals surface area contributed by atoms with Crippen molar-refractivity contribution < 1.29 is 4.79 Å². The monoisotopic (exact) mass is 439 g/mol. The SMILES string of the molecule is CC(=O)N1CCc2nc3cc([C@@H]4CCCCN4Cc4ccc(Cl)cc4)[nH]n3c(=O)c2C1. The Hall–Kier alpha value is -2.64. The first-order chi connectivity index (χ1) is 15.0. The zero-order valence-corrected chi connectivity index (χ0v) is 18.4. The molecule has 1 N–H and O–H groups in total. The number of fused-ring (bicyclic) bond motifs is 2. The number of aromatic nitrogens is 3. The summed E-state index contributed by atoms with van der Waals surface area (Å²) in [7, 11) is 0. The fourth-order valence-electron chi connectivity index (χ4n) is 4.80. The number of carbonyl (C=O) groups is 1. The second-order valence-corrected chi connectivity index (χ2v) is 8.98. The lowest BCUT2D eigenvalue weighted by atomic mass is 9.98. The van der Waals surface area contributed by atoms with Gasteiger partial charge < -0.3 is 4.90 Å². The number of aromatic amines is 1. The van der Waals surface area contributed by atoms with Crippen LogP contribution in [0.15, 0.2) is 35.1 Å². The van der Waals surface area contributed by atoms with Crippen molar-refractivity contribution in [2.75, 3.05) is 13.1 Å². The van der Waals surface area contributed by atoms with Crippen LogP contribution in [0, 0.1) is 0 Å². The summed E-state index contributed by atoms with van der Waals surface area (Å²) < 4.78 is 1.55.